The number of anilines is 1. The number of methoxy groups -OCH3 is 2. The SMILES string of the molecule is CCCCNC(=O)[C@H](C)N(Cc1c(Cl)cccc1Cl)C(=O)CN(c1ccccc1)S(=O)(=O)c1ccc(OC)c(OC)c1. The summed E-state index contributed by atoms with van der Waals surface area (Å²) >= 11 is 12.8. The minimum atomic E-state index is -4.30. The number of nitrogens with one attached hydrogen (secondary N) is 1. The van der Waals surface area contributed by atoms with Gasteiger partial charge in [-0.05, 0) is 49.7 Å². The van der Waals surface area contributed by atoms with Crippen LogP contribution in [0.2, 0.25) is 10.0 Å². The fraction of sp³-hybridized carbons (Fsp3) is 0.333. The van der Waals surface area contributed by atoms with Gasteiger partial charge in [0.1, 0.15) is 12.6 Å². The van der Waals surface area contributed by atoms with Crippen LogP contribution in [-0.2, 0) is 26.2 Å². The van der Waals surface area contributed by atoms with Crippen LogP contribution in [0.1, 0.15) is 32.3 Å². The van der Waals surface area contributed by atoms with E-state index < -0.39 is 28.5 Å². The summed E-state index contributed by atoms with van der Waals surface area (Å²) in [6.07, 6.45) is 1.65. The Bertz CT molecular complexity index is 1470. The lowest BCUT2D eigenvalue weighted by molar-refractivity contribution is -0.139. The maximum absolute atomic E-state index is 14.0. The van der Waals surface area contributed by atoms with E-state index in [1.54, 1.807) is 55.5 Å². The highest BCUT2D eigenvalue weighted by Gasteiger charge is 2.33. The molecule has 12 heteroatoms. The van der Waals surface area contributed by atoms with Crippen molar-refractivity contribution in [1.29, 1.82) is 0 Å². The minimum absolute atomic E-state index is 0.108. The fourth-order valence-electron chi connectivity index (χ4n) is 4.20. The molecule has 3 rings (SSSR count). The Morgan fingerprint density at radius 3 is 2.17 bits per heavy atom. The number of unbranched alkanes of at least 4 members (excludes halogenated alkanes) is 1. The molecule has 2 amide bonds. The molecule has 1 N–H and O–H groups in total. The summed E-state index contributed by atoms with van der Waals surface area (Å²) in [5.41, 5.74) is 0.702. The monoisotopic (exact) mass is 635 g/mol. The zero-order valence-electron chi connectivity index (χ0n) is 24.0. The van der Waals surface area contributed by atoms with Gasteiger partial charge in [0.2, 0.25) is 11.8 Å². The van der Waals surface area contributed by atoms with Gasteiger partial charge in [-0.25, -0.2) is 8.42 Å². The summed E-state index contributed by atoms with van der Waals surface area (Å²) in [5, 5.41) is 3.47. The predicted octanol–water partition coefficient (Wildman–Crippen LogP) is 5.54. The van der Waals surface area contributed by atoms with Gasteiger partial charge in [-0.2, -0.15) is 0 Å². The minimum Gasteiger partial charge on any atom is -0.493 e. The van der Waals surface area contributed by atoms with E-state index in [1.165, 1.54) is 37.3 Å². The normalized spacial score (nSPS) is 11.9. The van der Waals surface area contributed by atoms with Gasteiger partial charge in [-0.1, -0.05) is 60.8 Å². The first kappa shape index (κ1) is 33.0. The van der Waals surface area contributed by atoms with E-state index in [2.05, 4.69) is 5.32 Å². The van der Waals surface area contributed by atoms with Crippen molar-refractivity contribution in [2.24, 2.45) is 0 Å². The number of hydrogen-bond acceptors (Lipinski definition) is 6. The largest absolute Gasteiger partial charge is 0.493 e. The zero-order valence-corrected chi connectivity index (χ0v) is 26.3. The Hall–Kier alpha value is -3.47. The van der Waals surface area contributed by atoms with E-state index in [4.69, 9.17) is 32.7 Å². The molecule has 0 bridgehead atoms. The van der Waals surface area contributed by atoms with Crippen molar-refractivity contribution >= 4 is 50.7 Å². The summed E-state index contributed by atoms with van der Waals surface area (Å²) in [4.78, 5) is 28.3. The molecule has 0 unspecified atom stereocenters. The number of amides is 2. The maximum Gasteiger partial charge on any atom is 0.264 e. The smallest absolute Gasteiger partial charge is 0.264 e. The van der Waals surface area contributed by atoms with Gasteiger partial charge in [0.15, 0.2) is 11.5 Å². The highest BCUT2D eigenvalue weighted by molar-refractivity contribution is 7.92. The molecule has 0 aromatic heterocycles. The molecule has 3 aromatic rings. The third-order valence-electron chi connectivity index (χ3n) is 6.65. The van der Waals surface area contributed by atoms with Gasteiger partial charge in [0.05, 0.1) is 24.8 Å². The molecule has 1 atom stereocenters. The molecule has 0 radical (unpaired) electrons. The molecule has 0 heterocycles. The van der Waals surface area contributed by atoms with Crippen LogP contribution in [0.5, 0.6) is 11.5 Å². The quantitative estimate of drug-likeness (QED) is 0.233. The number of rotatable bonds is 14. The molecule has 9 nitrogen and oxygen atoms in total. The average Bonchev–Trinajstić information content (AvgIpc) is 2.99. The fourth-order valence-corrected chi connectivity index (χ4v) is 6.15. The zero-order chi connectivity index (χ0) is 30.9. The number of para-hydroxylation sites is 1. The van der Waals surface area contributed by atoms with Gasteiger partial charge in [0, 0.05) is 34.8 Å². The van der Waals surface area contributed by atoms with Crippen molar-refractivity contribution in [3.8, 4) is 11.5 Å². The molecular weight excluding hydrogens is 601 g/mol. The van der Waals surface area contributed by atoms with Crippen LogP contribution in [-0.4, -0.2) is 58.5 Å². The molecule has 3 aromatic carbocycles. The van der Waals surface area contributed by atoms with Crippen LogP contribution in [0.4, 0.5) is 5.69 Å². The van der Waals surface area contributed by atoms with Crippen LogP contribution in [0, 0.1) is 0 Å². The van der Waals surface area contributed by atoms with E-state index >= 15 is 0 Å². The first-order valence-corrected chi connectivity index (χ1v) is 15.5. The van der Waals surface area contributed by atoms with E-state index in [0.29, 0.717) is 27.9 Å². The molecule has 0 saturated heterocycles. The Balaban J connectivity index is 2.05. The molecular formula is C30H35Cl2N3O6S. The van der Waals surface area contributed by atoms with Crippen LogP contribution in [0.25, 0.3) is 0 Å². The van der Waals surface area contributed by atoms with E-state index in [9.17, 15) is 18.0 Å². The summed E-state index contributed by atoms with van der Waals surface area (Å²) in [5.74, 6) is -0.444. The van der Waals surface area contributed by atoms with Crippen molar-refractivity contribution in [2.45, 2.75) is 44.2 Å². The van der Waals surface area contributed by atoms with Gasteiger partial charge in [-0.15, -0.1) is 0 Å². The standard InChI is InChI=1S/C30H35Cl2N3O6S/c1-5-6-17-33-30(37)21(2)34(19-24-25(31)13-10-14-26(24)32)29(36)20-35(22-11-8-7-9-12-22)42(38,39)23-15-16-27(40-3)28(18-23)41-4/h7-16,18,21H,5-6,17,19-20H2,1-4H3,(H,33,37)/t21-/m0/s1. The molecule has 0 aliphatic rings. The Morgan fingerprint density at radius 1 is 0.929 bits per heavy atom. The predicted molar refractivity (Wildman–Crippen MR) is 165 cm³/mol. The number of nitrogens with zero attached hydrogens (tertiary/aromatic N) is 2. The van der Waals surface area contributed by atoms with Crippen molar-refractivity contribution < 1.29 is 27.5 Å². The van der Waals surface area contributed by atoms with Crippen molar-refractivity contribution in [3.63, 3.8) is 0 Å². The van der Waals surface area contributed by atoms with Crippen LogP contribution in [0.15, 0.2) is 71.6 Å². The van der Waals surface area contributed by atoms with E-state index in [-0.39, 0.29) is 28.8 Å². The average molecular weight is 637 g/mol. The highest BCUT2D eigenvalue weighted by atomic mass is 35.5. The summed E-state index contributed by atoms with van der Waals surface area (Å²) in [7, 11) is -1.45. The lowest BCUT2D eigenvalue weighted by Crippen LogP contribution is -2.51. The highest BCUT2D eigenvalue weighted by Crippen LogP contribution is 2.33. The molecule has 0 fully saturated rings. The van der Waals surface area contributed by atoms with Crippen molar-refractivity contribution in [3.05, 3.63) is 82.3 Å². The number of benzene rings is 3. The number of halogens is 2. The Labute approximate surface area is 257 Å². The molecule has 0 aliphatic carbocycles. The number of carbonyl (C=O) groups excluding carboxylic acids is 2. The maximum atomic E-state index is 14.0. The topological polar surface area (TPSA) is 105 Å². The van der Waals surface area contributed by atoms with Gasteiger partial charge in [-0.3, -0.25) is 13.9 Å². The van der Waals surface area contributed by atoms with Crippen molar-refractivity contribution in [2.75, 3.05) is 31.6 Å². The van der Waals surface area contributed by atoms with Crippen molar-refractivity contribution in [1.82, 2.24) is 10.2 Å². The van der Waals surface area contributed by atoms with Gasteiger partial charge < -0.3 is 19.7 Å². The molecule has 42 heavy (non-hydrogen) atoms. The third-order valence-corrected chi connectivity index (χ3v) is 9.13. The number of carbonyl (C=O) groups is 2. The van der Waals surface area contributed by atoms with Gasteiger partial charge in [0.25, 0.3) is 10.0 Å². The second-order valence-electron chi connectivity index (χ2n) is 9.41. The summed E-state index contributed by atoms with van der Waals surface area (Å²) in [6.45, 7) is 3.31. The number of sulfonamides is 1. The summed E-state index contributed by atoms with van der Waals surface area (Å²) in [6, 6.07) is 16.4. The first-order chi connectivity index (χ1) is 20.0. The van der Waals surface area contributed by atoms with Crippen LogP contribution >= 0.6 is 23.2 Å². The van der Waals surface area contributed by atoms with E-state index in [0.717, 1.165) is 17.1 Å². The lowest BCUT2D eigenvalue weighted by Gasteiger charge is -2.32. The Kier molecular flexibility index (Phi) is 11.9. The third kappa shape index (κ3) is 7.87. The molecule has 0 saturated carbocycles. The van der Waals surface area contributed by atoms with Crippen LogP contribution < -0.4 is 19.1 Å². The second-order valence-corrected chi connectivity index (χ2v) is 12.1. The lowest BCUT2D eigenvalue weighted by atomic mass is 10.1. The van der Waals surface area contributed by atoms with Crippen LogP contribution in [0.3, 0.4) is 0 Å². The number of ether oxygens (including phenoxy) is 2. The van der Waals surface area contributed by atoms with E-state index in [1.807, 2.05) is 6.92 Å². The molecule has 0 aliphatic heterocycles. The molecule has 0 spiro atoms. The molecule has 226 valence electrons. The summed E-state index contributed by atoms with van der Waals surface area (Å²) < 4.78 is 39.6. The number of hydrogen-bond donors (Lipinski definition) is 1. The van der Waals surface area contributed by atoms with Gasteiger partial charge >= 0.3 is 0 Å². The Morgan fingerprint density at radius 2 is 1.57 bits per heavy atom. The second kappa shape index (κ2) is 15.1. The first-order valence-electron chi connectivity index (χ1n) is 13.3.